The first kappa shape index (κ1) is 26.7. The van der Waals surface area contributed by atoms with Gasteiger partial charge in [-0.1, -0.05) is 6.07 Å². The molecule has 4 aromatic carbocycles. The third-order valence-corrected chi connectivity index (χ3v) is 8.95. The second kappa shape index (κ2) is 8.62. The smallest absolute Gasteiger partial charge is 0.339 e. The molecule has 0 atom stereocenters. The zero-order valence-corrected chi connectivity index (χ0v) is 21.1. The van der Waals surface area contributed by atoms with E-state index in [2.05, 4.69) is 0 Å². The fourth-order valence-electron chi connectivity index (χ4n) is 3.48. The molecule has 0 amide bonds. The van der Waals surface area contributed by atoms with Crippen molar-refractivity contribution in [1.82, 2.24) is 0 Å². The Balaban J connectivity index is 1.82. The van der Waals surface area contributed by atoms with Crippen LogP contribution in [0.3, 0.4) is 0 Å². The van der Waals surface area contributed by atoms with Crippen LogP contribution in [0.25, 0.3) is 21.5 Å². The lowest BCUT2D eigenvalue weighted by molar-refractivity contribution is 0.444. The average molecular weight is 591 g/mol. The van der Waals surface area contributed by atoms with Crippen molar-refractivity contribution in [3.8, 4) is 11.5 Å². The molecule has 0 aliphatic carbocycles. The van der Waals surface area contributed by atoms with Crippen LogP contribution in [-0.2, 0) is 40.5 Å². The van der Waals surface area contributed by atoms with E-state index in [9.17, 15) is 52.4 Å². The van der Waals surface area contributed by atoms with Gasteiger partial charge in [0.05, 0.1) is 4.90 Å². The van der Waals surface area contributed by atoms with Crippen LogP contribution in [0.15, 0.2) is 80.2 Å². The van der Waals surface area contributed by atoms with Crippen LogP contribution in [0.4, 0.5) is 0 Å². The van der Waals surface area contributed by atoms with E-state index in [0.29, 0.717) is 6.07 Å². The molecule has 0 heterocycles. The van der Waals surface area contributed by atoms with Gasteiger partial charge in [-0.25, -0.2) is 0 Å². The van der Waals surface area contributed by atoms with Gasteiger partial charge in [0, 0.05) is 5.39 Å². The van der Waals surface area contributed by atoms with Crippen LogP contribution in [0.2, 0.25) is 0 Å². The topological polar surface area (TPSA) is 227 Å². The molecule has 0 bridgehead atoms. The van der Waals surface area contributed by atoms with Crippen molar-refractivity contribution in [3.05, 3.63) is 60.7 Å². The number of hydrogen-bond donors (Lipinski definition) is 4. The van der Waals surface area contributed by atoms with Crippen molar-refractivity contribution in [3.63, 3.8) is 0 Å². The Kier molecular flexibility index (Phi) is 6.23. The standard InChI is InChI=1S/C20H14O13S4/c21-18-8-11-1-3-15(6-12(11)9-20(18)36(28,29)30)37(31,32)33-14-2-4-17-13(5-14)7-16(34(22,23)24)10-19(17)35(25,26)27/h1-10,21H,(H,22,23,24)(H,25,26,27)(H,28,29,30). The van der Waals surface area contributed by atoms with Crippen molar-refractivity contribution in [2.24, 2.45) is 0 Å². The van der Waals surface area contributed by atoms with E-state index in [-0.39, 0.29) is 21.5 Å². The highest BCUT2D eigenvalue weighted by molar-refractivity contribution is 7.87. The van der Waals surface area contributed by atoms with Crippen LogP contribution in [-0.4, -0.2) is 52.4 Å². The van der Waals surface area contributed by atoms with Gasteiger partial charge < -0.3 is 9.29 Å². The number of rotatable bonds is 6. The van der Waals surface area contributed by atoms with Gasteiger partial charge in [-0.15, -0.1) is 0 Å². The van der Waals surface area contributed by atoms with Crippen LogP contribution < -0.4 is 4.18 Å². The summed E-state index contributed by atoms with van der Waals surface area (Å²) in [5, 5.41) is 9.61. The third-order valence-electron chi connectivity index (χ3n) is 5.10. The maximum atomic E-state index is 12.9. The van der Waals surface area contributed by atoms with E-state index in [1.807, 2.05) is 0 Å². The molecule has 0 spiro atoms. The molecule has 0 unspecified atom stereocenters. The summed E-state index contributed by atoms with van der Waals surface area (Å²) >= 11 is 0. The second-order valence-electron chi connectivity index (χ2n) is 7.60. The van der Waals surface area contributed by atoms with Gasteiger partial charge in [0.1, 0.15) is 26.2 Å². The molecule has 0 radical (unpaired) electrons. The van der Waals surface area contributed by atoms with E-state index in [0.717, 1.165) is 48.5 Å². The minimum atomic E-state index is -4.95. The molecular weight excluding hydrogens is 576 g/mol. The summed E-state index contributed by atoms with van der Waals surface area (Å²) in [6, 6.07) is 9.54. The molecule has 4 aromatic rings. The zero-order chi connectivity index (χ0) is 27.6. The lowest BCUT2D eigenvalue weighted by atomic mass is 10.1. The summed E-state index contributed by atoms with van der Waals surface area (Å²) in [5.74, 6) is -1.17. The lowest BCUT2D eigenvalue weighted by Crippen LogP contribution is -2.10. The molecular formula is C20H14O13S4. The zero-order valence-electron chi connectivity index (χ0n) is 17.9. The summed E-state index contributed by atoms with van der Waals surface area (Å²) < 4.78 is 128. The van der Waals surface area contributed by atoms with E-state index >= 15 is 0 Å². The molecule has 196 valence electrons. The Bertz CT molecular complexity index is 2050. The Labute approximate surface area is 209 Å². The molecule has 0 aliphatic heterocycles. The van der Waals surface area contributed by atoms with Gasteiger partial charge >= 0.3 is 10.1 Å². The van der Waals surface area contributed by atoms with Crippen molar-refractivity contribution in [1.29, 1.82) is 0 Å². The minimum Gasteiger partial charge on any atom is -0.506 e. The normalized spacial score (nSPS) is 13.2. The first-order chi connectivity index (χ1) is 16.9. The highest BCUT2D eigenvalue weighted by atomic mass is 32.2. The maximum Gasteiger partial charge on any atom is 0.339 e. The van der Waals surface area contributed by atoms with E-state index in [4.69, 9.17) is 4.18 Å². The summed E-state index contributed by atoms with van der Waals surface area (Å²) in [6.07, 6.45) is 0. The number of fused-ring (bicyclic) bond motifs is 2. The number of aromatic hydroxyl groups is 1. The Morgan fingerprint density at radius 3 is 1.76 bits per heavy atom. The minimum absolute atomic E-state index is 0.00389. The molecule has 13 nitrogen and oxygen atoms in total. The Hall–Kier alpha value is -3.32. The first-order valence-corrected chi connectivity index (χ1v) is 15.3. The molecule has 37 heavy (non-hydrogen) atoms. The van der Waals surface area contributed by atoms with Crippen molar-refractivity contribution in [2.75, 3.05) is 0 Å². The quantitative estimate of drug-likeness (QED) is 0.187. The van der Waals surface area contributed by atoms with Gasteiger partial charge in [-0.2, -0.15) is 33.7 Å². The SMILES string of the molecule is O=S(=O)(O)c1cc(S(=O)(=O)O)c2ccc(OS(=O)(=O)c3ccc4cc(O)c(S(=O)(=O)O)cc4c3)cc2c1. The number of phenolic OH excluding ortho intramolecular Hbond substituents is 1. The molecule has 0 fully saturated rings. The molecule has 4 N–H and O–H groups in total. The summed E-state index contributed by atoms with van der Waals surface area (Å²) in [5.41, 5.74) is 0. The predicted molar refractivity (Wildman–Crippen MR) is 127 cm³/mol. The highest BCUT2D eigenvalue weighted by Crippen LogP contribution is 2.33. The summed E-state index contributed by atoms with van der Waals surface area (Å²) in [4.78, 5) is -3.08. The predicted octanol–water partition coefficient (Wildman–Crippen LogP) is 2.21. The van der Waals surface area contributed by atoms with E-state index in [1.54, 1.807) is 0 Å². The summed E-state index contributed by atoms with van der Waals surface area (Å²) in [7, 11) is -19.3. The lowest BCUT2D eigenvalue weighted by Gasteiger charge is -2.11. The van der Waals surface area contributed by atoms with Crippen molar-refractivity contribution in [2.45, 2.75) is 19.6 Å². The van der Waals surface area contributed by atoms with E-state index in [1.165, 1.54) is 6.07 Å². The third kappa shape index (κ3) is 5.37. The van der Waals surface area contributed by atoms with E-state index < -0.39 is 71.6 Å². The fraction of sp³-hybridized carbons (Fsp3) is 0. The van der Waals surface area contributed by atoms with Crippen molar-refractivity contribution < 1.29 is 56.6 Å². The van der Waals surface area contributed by atoms with Gasteiger partial charge in [-0.05, 0) is 70.8 Å². The van der Waals surface area contributed by atoms with Gasteiger partial charge in [-0.3, -0.25) is 13.7 Å². The monoisotopic (exact) mass is 590 g/mol. The van der Waals surface area contributed by atoms with Crippen LogP contribution in [0, 0.1) is 0 Å². The molecule has 17 heteroatoms. The Morgan fingerprint density at radius 2 is 1.16 bits per heavy atom. The first-order valence-electron chi connectivity index (χ1n) is 9.58. The van der Waals surface area contributed by atoms with Crippen LogP contribution in [0.5, 0.6) is 11.5 Å². The second-order valence-corrected chi connectivity index (χ2v) is 13.3. The highest BCUT2D eigenvalue weighted by Gasteiger charge is 2.23. The van der Waals surface area contributed by atoms with Crippen LogP contribution in [0.1, 0.15) is 0 Å². The average Bonchev–Trinajstić information content (AvgIpc) is 2.75. The van der Waals surface area contributed by atoms with Gasteiger partial charge in [0.25, 0.3) is 30.4 Å². The van der Waals surface area contributed by atoms with Crippen LogP contribution >= 0.6 is 0 Å². The summed E-state index contributed by atoms with van der Waals surface area (Å²) in [6.45, 7) is 0. The maximum absolute atomic E-state index is 12.9. The molecule has 0 saturated carbocycles. The number of phenols is 1. The number of benzene rings is 4. The fourth-order valence-corrected chi connectivity index (χ4v) is 6.40. The molecule has 0 aliphatic rings. The largest absolute Gasteiger partial charge is 0.506 e. The van der Waals surface area contributed by atoms with Gasteiger partial charge in [0.2, 0.25) is 0 Å². The number of hydrogen-bond acceptors (Lipinski definition) is 10. The Morgan fingerprint density at radius 1 is 0.541 bits per heavy atom. The molecule has 0 saturated heterocycles. The molecule has 0 aromatic heterocycles. The van der Waals surface area contributed by atoms with Crippen molar-refractivity contribution >= 4 is 62.0 Å². The van der Waals surface area contributed by atoms with Gasteiger partial charge in [0.15, 0.2) is 0 Å². The molecule has 4 rings (SSSR count).